The Morgan fingerprint density at radius 3 is 2.61 bits per heavy atom. The smallest absolute Gasteiger partial charge is 0.270 e. The number of rotatable bonds is 5. The number of carbonyl (C=O) groups excluding carboxylic acids is 1. The summed E-state index contributed by atoms with van der Waals surface area (Å²) in [4.78, 5) is 28.7. The largest absolute Gasteiger partial charge is 0.444 e. The maximum absolute atomic E-state index is 12.4. The van der Waals surface area contributed by atoms with Crippen molar-refractivity contribution in [2.24, 2.45) is 0 Å². The monoisotopic (exact) mass is 318 g/mol. The van der Waals surface area contributed by atoms with Gasteiger partial charge >= 0.3 is 0 Å². The van der Waals surface area contributed by atoms with E-state index in [1.807, 2.05) is 6.92 Å². The van der Waals surface area contributed by atoms with Crippen molar-refractivity contribution in [1.82, 2.24) is 10.3 Å². The molecule has 8 heteroatoms. The fourth-order valence-electron chi connectivity index (χ4n) is 2.08. The van der Waals surface area contributed by atoms with Gasteiger partial charge in [0, 0.05) is 31.9 Å². The lowest BCUT2D eigenvalue weighted by atomic mass is 10.1. The van der Waals surface area contributed by atoms with Gasteiger partial charge in [0.15, 0.2) is 0 Å². The molecule has 0 fully saturated rings. The summed E-state index contributed by atoms with van der Waals surface area (Å²) in [5, 5.41) is 13.6. The highest BCUT2D eigenvalue weighted by atomic mass is 16.6. The number of oxazole rings is 1. The van der Waals surface area contributed by atoms with Crippen LogP contribution in [0.1, 0.15) is 27.7 Å². The number of amides is 1. The van der Waals surface area contributed by atoms with Gasteiger partial charge in [-0.15, -0.1) is 0 Å². The molecular weight excluding hydrogens is 300 g/mol. The molecule has 0 atom stereocenters. The standard InChI is InChI=1S/C15H18N4O4/c1-9-10(2)23-14(17-9)8-16-15(20)12-7-11(19(21)22)5-6-13(12)18(3)4/h5-7H,8H2,1-4H3,(H,16,20). The summed E-state index contributed by atoms with van der Waals surface area (Å²) < 4.78 is 5.40. The van der Waals surface area contributed by atoms with E-state index >= 15 is 0 Å². The van der Waals surface area contributed by atoms with Crippen molar-refractivity contribution in [1.29, 1.82) is 0 Å². The minimum Gasteiger partial charge on any atom is -0.444 e. The van der Waals surface area contributed by atoms with Crippen LogP contribution in [0.4, 0.5) is 11.4 Å². The van der Waals surface area contributed by atoms with E-state index in [1.54, 1.807) is 32.0 Å². The molecule has 8 nitrogen and oxygen atoms in total. The highest BCUT2D eigenvalue weighted by Crippen LogP contribution is 2.24. The minimum atomic E-state index is -0.531. The summed E-state index contributed by atoms with van der Waals surface area (Å²) in [6.07, 6.45) is 0. The Hall–Kier alpha value is -2.90. The number of nitrogens with one attached hydrogen (secondary N) is 1. The lowest BCUT2D eigenvalue weighted by Gasteiger charge is -2.16. The molecule has 0 unspecified atom stereocenters. The molecule has 1 aromatic heterocycles. The Morgan fingerprint density at radius 2 is 2.09 bits per heavy atom. The first kappa shape index (κ1) is 16.5. The number of carbonyl (C=O) groups is 1. The van der Waals surface area contributed by atoms with Gasteiger partial charge in [0.2, 0.25) is 5.89 Å². The topological polar surface area (TPSA) is 102 Å². The third kappa shape index (κ3) is 3.65. The van der Waals surface area contributed by atoms with Crippen LogP contribution in [-0.2, 0) is 6.54 Å². The van der Waals surface area contributed by atoms with Gasteiger partial charge in [0.05, 0.1) is 22.7 Å². The number of nitro groups is 1. The quantitative estimate of drug-likeness (QED) is 0.670. The van der Waals surface area contributed by atoms with E-state index in [-0.39, 0.29) is 17.8 Å². The second-order valence-corrected chi connectivity index (χ2v) is 5.28. The van der Waals surface area contributed by atoms with Crippen LogP contribution in [0.2, 0.25) is 0 Å². The zero-order valence-corrected chi connectivity index (χ0v) is 13.4. The molecular formula is C15H18N4O4. The molecule has 1 N–H and O–H groups in total. The Balaban J connectivity index is 2.22. The molecule has 122 valence electrons. The van der Waals surface area contributed by atoms with Crippen LogP contribution < -0.4 is 10.2 Å². The van der Waals surface area contributed by atoms with Crippen LogP contribution in [0.25, 0.3) is 0 Å². The van der Waals surface area contributed by atoms with Gasteiger partial charge in [-0.2, -0.15) is 0 Å². The van der Waals surface area contributed by atoms with E-state index in [9.17, 15) is 14.9 Å². The molecule has 0 saturated heterocycles. The molecule has 0 aliphatic carbocycles. The van der Waals surface area contributed by atoms with E-state index in [2.05, 4.69) is 10.3 Å². The first-order valence-electron chi connectivity index (χ1n) is 6.96. The summed E-state index contributed by atoms with van der Waals surface area (Å²) >= 11 is 0. The van der Waals surface area contributed by atoms with E-state index in [0.29, 0.717) is 17.3 Å². The molecule has 0 aliphatic heterocycles. The van der Waals surface area contributed by atoms with Crippen molar-refractivity contribution >= 4 is 17.3 Å². The summed E-state index contributed by atoms with van der Waals surface area (Å²) in [5.41, 5.74) is 1.44. The van der Waals surface area contributed by atoms with E-state index in [1.165, 1.54) is 12.1 Å². The Kier molecular flexibility index (Phi) is 4.63. The molecule has 23 heavy (non-hydrogen) atoms. The molecule has 1 amide bonds. The first-order valence-corrected chi connectivity index (χ1v) is 6.96. The summed E-state index contributed by atoms with van der Waals surface area (Å²) in [5.74, 6) is 0.662. The van der Waals surface area contributed by atoms with Crippen molar-refractivity contribution in [2.45, 2.75) is 20.4 Å². The van der Waals surface area contributed by atoms with Crippen LogP contribution in [-0.4, -0.2) is 29.9 Å². The first-order chi connectivity index (χ1) is 10.8. The van der Waals surface area contributed by atoms with Gasteiger partial charge in [-0.3, -0.25) is 14.9 Å². The maximum Gasteiger partial charge on any atom is 0.270 e. The Bertz CT molecular complexity index is 732. The Labute approximate surface area is 133 Å². The molecule has 0 bridgehead atoms. The average Bonchev–Trinajstić information content (AvgIpc) is 2.82. The number of nitrogens with zero attached hydrogens (tertiary/aromatic N) is 3. The highest BCUT2D eigenvalue weighted by molar-refractivity contribution is 6.00. The van der Waals surface area contributed by atoms with Crippen LogP contribution in [0, 0.1) is 24.0 Å². The summed E-state index contributed by atoms with van der Waals surface area (Å²) in [7, 11) is 3.53. The highest BCUT2D eigenvalue weighted by Gasteiger charge is 2.18. The van der Waals surface area contributed by atoms with Gasteiger partial charge in [-0.1, -0.05) is 0 Å². The van der Waals surface area contributed by atoms with Gasteiger partial charge in [-0.25, -0.2) is 4.98 Å². The third-order valence-corrected chi connectivity index (χ3v) is 3.39. The van der Waals surface area contributed by atoms with Crippen LogP contribution in [0.5, 0.6) is 0 Å². The van der Waals surface area contributed by atoms with E-state index in [4.69, 9.17) is 4.42 Å². The van der Waals surface area contributed by atoms with Crippen molar-refractivity contribution < 1.29 is 14.1 Å². The van der Waals surface area contributed by atoms with Crippen molar-refractivity contribution in [3.8, 4) is 0 Å². The number of nitro benzene ring substituents is 1. The molecule has 0 aliphatic rings. The van der Waals surface area contributed by atoms with Crippen LogP contribution >= 0.6 is 0 Å². The normalized spacial score (nSPS) is 10.4. The zero-order valence-electron chi connectivity index (χ0n) is 13.4. The van der Waals surface area contributed by atoms with Crippen LogP contribution in [0.3, 0.4) is 0 Å². The SMILES string of the molecule is Cc1nc(CNC(=O)c2cc([N+](=O)[O-])ccc2N(C)C)oc1C. The van der Waals surface area contributed by atoms with Gasteiger partial charge in [0.1, 0.15) is 5.76 Å². The minimum absolute atomic E-state index is 0.114. The van der Waals surface area contributed by atoms with Gasteiger partial charge < -0.3 is 14.6 Å². The fraction of sp³-hybridized carbons (Fsp3) is 0.333. The molecule has 0 saturated carbocycles. The molecule has 1 heterocycles. The number of aryl methyl sites for hydroxylation is 2. The van der Waals surface area contributed by atoms with Gasteiger partial charge in [-0.05, 0) is 19.9 Å². The third-order valence-electron chi connectivity index (χ3n) is 3.39. The number of hydrogen-bond donors (Lipinski definition) is 1. The van der Waals surface area contributed by atoms with E-state index < -0.39 is 10.8 Å². The lowest BCUT2D eigenvalue weighted by molar-refractivity contribution is -0.384. The molecule has 0 spiro atoms. The van der Waals surface area contributed by atoms with Gasteiger partial charge in [0.25, 0.3) is 11.6 Å². The Morgan fingerprint density at radius 1 is 1.39 bits per heavy atom. The molecule has 0 radical (unpaired) electrons. The fourth-order valence-corrected chi connectivity index (χ4v) is 2.08. The predicted octanol–water partition coefficient (Wildman–Crippen LogP) is 2.20. The predicted molar refractivity (Wildman–Crippen MR) is 84.6 cm³/mol. The zero-order chi connectivity index (χ0) is 17.1. The van der Waals surface area contributed by atoms with Crippen molar-refractivity contribution in [2.75, 3.05) is 19.0 Å². The average molecular weight is 318 g/mol. The summed E-state index contributed by atoms with van der Waals surface area (Å²) in [6, 6.07) is 4.18. The number of anilines is 1. The number of aromatic nitrogens is 1. The summed E-state index contributed by atoms with van der Waals surface area (Å²) in [6.45, 7) is 3.72. The molecule has 2 rings (SSSR count). The maximum atomic E-state index is 12.4. The number of benzene rings is 1. The molecule has 1 aromatic carbocycles. The van der Waals surface area contributed by atoms with Crippen LogP contribution in [0.15, 0.2) is 22.6 Å². The second kappa shape index (κ2) is 6.47. The second-order valence-electron chi connectivity index (χ2n) is 5.28. The lowest BCUT2D eigenvalue weighted by Crippen LogP contribution is -2.25. The van der Waals surface area contributed by atoms with Crippen molar-refractivity contribution in [3.63, 3.8) is 0 Å². The molecule has 2 aromatic rings. The van der Waals surface area contributed by atoms with E-state index in [0.717, 1.165) is 5.69 Å². The number of non-ortho nitro benzene ring substituents is 1. The number of hydrogen-bond acceptors (Lipinski definition) is 6. The van der Waals surface area contributed by atoms with Crippen molar-refractivity contribution in [3.05, 3.63) is 51.2 Å².